The number of nitrogens with one attached hydrogen (secondary N) is 1. The Bertz CT molecular complexity index is 538. The van der Waals surface area contributed by atoms with Gasteiger partial charge in [-0.2, -0.15) is 12.6 Å². The SMILES string of the molecule is O=C(O)C(S)Cc1c[nH]c2cc(Br)ccc12. The molecule has 1 aromatic carbocycles. The monoisotopic (exact) mass is 299 g/mol. The van der Waals surface area contributed by atoms with Gasteiger partial charge < -0.3 is 10.1 Å². The fourth-order valence-corrected chi connectivity index (χ4v) is 2.18. The van der Waals surface area contributed by atoms with E-state index in [0.29, 0.717) is 6.42 Å². The molecule has 0 aliphatic carbocycles. The molecule has 2 rings (SSSR count). The summed E-state index contributed by atoms with van der Waals surface area (Å²) in [6.45, 7) is 0. The third-order valence-electron chi connectivity index (χ3n) is 2.43. The summed E-state index contributed by atoms with van der Waals surface area (Å²) in [5.74, 6) is -0.894. The molecule has 2 N–H and O–H groups in total. The van der Waals surface area contributed by atoms with Crippen molar-refractivity contribution in [2.75, 3.05) is 0 Å². The summed E-state index contributed by atoms with van der Waals surface area (Å²) < 4.78 is 0.994. The van der Waals surface area contributed by atoms with E-state index in [9.17, 15) is 4.79 Å². The molecule has 0 aliphatic heterocycles. The number of carboxylic acids is 1. The van der Waals surface area contributed by atoms with Crippen LogP contribution in [0.5, 0.6) is 0 Å². The number of aromatic nitrogens is 1. The zero-order valence-corrected chi connectivity index (χ0v) is 10.8. The van der Waals surface area contributed by atoms with Gasteiger partial charge >= 0.3 is 5.97 Å². The van der Waals surface area contributed by atoms with Crippen molar-refractivity contribution in [3.63, 3.8) is 0 Å². The average molecular weight is 300 g/mol. The minimum absolute atomic E-state index is 0.417. The molecule has 5 heteroatoms. The molecular weight excluding hydrogens is 290 g/mol. The van der Waals surface area contributed by atoms with Crippen LogP contribution in [0.3, 0.4) is 0 Å². The van der Waals surface area contributed by atoms with Crippen LogP contribution in [0.4, 0.5) is 0 Å². The van der Waals surface area contributed by atoms with Gasteiger partial charge in [-0.1, -0.05) is 22.0 Å². The van der Waals surface area contributed by atoms with Crippen LogP contribution in [0.25, 0.3) is 10.9 Å². The van der Waals surface area contributed by atoms with E-state index in [-0.39, 0.29) is 0 Å². The number of fused-ring (bicyclic) bond motifs is 1. The summed E-state index contributed by atoms with van der Waals surface area (Å²) in [5, 5.41) is 9.18. The zero-order chi connectivity index (χ0) is 11.7. The maximum Gasteiger partial charge on any atom is 0.316 e. The topological polar surface area (TPSA) is 53.1 Å². The van der Waals surface area contributed by atoms with Crippen molar-refractivity contribution in [2.45, 2.75) is 11.7 Å². The number of hydrogen-bond acceptors (Lipinski definition) is 2. The first-order chi connectivity index (χ1) is 7.58. The lowest BCUT2D eigenvalue weighted by molar-refractivity contribution is -0.136. The number of halogens is 1. The highest BCUT2D eigenvalue weighted by atomic mass is 79.9. The summed E-state index contributed by atoms with van der Waals surface area (Å²) in [6, 6.07) is 5.87. The molecule has 0 bridgehead atoms. The van der Waals surface area contributed by atoms with Gasteiger partial charge in [0.15, 0.2) is 0 Å². The molecule has 16 heavy (non-hydrogen) atoms. The quantitative estimate of drug-likeness (QED) is 0.763. The Kier molecular flexibility index (Phi) is 3.25. The average Bonchev–Trinajstić information content (AvgIpc) is 2.60. The van der Waals surface area contributed by atoms with Crippen LogP contribution in [-0.4, -0.2) is 21.3 Å². The predicted octanol–water partition coefficient (Wildman–Crippen LogP) is 2.86. The molecule has 1 atom stereocenters. The molecule has 3 nitrogen and oxygen atoms in total. The summed E-state index contributed by atoms with van der Waals surface area (Å²) in [5.41, 5.74) is 1.97. The predicted molar refractivity (Wildman–Crippen MR) is 70.1 cm³/mol. The first-order valence-corrected chi connectivity index (χ1v) is 6.05. The maximum atomic E-state index is 10.7. The smallest absolute Gasteiger partial charge is 0.316 e. The Morgan fingerprint density at radius 1 is 1.56 bits per heavy atom. The van der Waals surface area contributed by atoms with Gasteiger partial charge in [-0.3, -0.25) is 4.79 Å². The van der Waals surface area contributed by atoms with Gasteiger partial charge in [-0.25, -0.2) is 0 Å². The number of benzene rings is 1. The summed E-state index contributed by atoms with van der Waals surface area (Å²) in [7, 11) is 0. The van der Waals surface area contributed by atoms with E-state index < -0.39 is 11.2 Å². The molecule has 0 amide bonds. The van der Waals surface area contributed by atoms with E-state index in [1.807, 2.05) is 24.4 Å². The van der Waals surface area contributed by atoms with Crippen molar-refractivity contribution in [3.05, 3.63) is 34.4 Å². The van der Waals surface area contributed by atoms with E-state index >= 15 is 0 Å². The van der Waals surface area contributed by atoms with E-state index in [2.05, 4.69) is 33.5 Å². The molecule has 0 saturated carbocycles. The Hall–Kier alpha value is -0.940. The van der Waals surface area contributed by atoms with Crippen molar-refractivity contribution in [1.82, 2.24) is 4.98 Å². The van der Waals surface area contributed by atoms with E-state index in [1.54, 1.807) is 0 Å². The number of H-pyrrole nitrogens is 1. The van der Waals surface area contributed by atoms with E-state index in [4.69, 9.17) is 5.11 Å². The Morgan fingerprint density at radius 2 is 2.31 bits per heavy atom. The van der Waals surface area contributed by atoms with Gasteiger partial charge in [0.25, 0.3) is 0 Å². The van der Waals surface area contributed by atoms with Gasteiger partial charge in [0.05, 0.1) is 0 Å². The molecular formula is C11H10BrNO2S. The van der Waals surface area contributed by atoms with Crippen molar-refractivity contribution in [3.8, 4) is 0 Å². The van der Waals surface area contributed by atoms with Crippen LogP contribution in [0.15, 0.2) is 28.9 Å². The fraction of sp³-hybridized carbons (Fsp3) is 0.182. The van der Waals surface area contributed by atoms with Crippen LogP contribution in [0.1, 0.15) is 5.56 Å². The molecule has 1 unspecified atom stereocenters. The van der Waals surface area contributed by atoms with E-state index in [0.717, 1.165) is 20.9 Å². The second-order valence-corrected chi connectivity index (χ2v) is 5.10. The number of aromatic amines is 1. The molecule has 0 radical (unpaired) electrons. The summed E-state index contributed by atoms with van der Waals surface area (Å²) in [4.78, 5) is 13.8. The molecule has 84 valence electrons. The van der Waals surface area contributed by atoms with Crippen LogP contribution < -0.4 is 0 Å². The lowest BCUT2D eigenvalue weighted by Crippen LogP contribution is -2.15. The number of carbonyl (C=O) groups is 1. The normalized spacial score (nSPS) is 12.9. The lowest BCUT2D eigenvalue weighted by Gasteiger charge is -2.03. The highest BCUT2D eigenvalue weighted by Gasteiger charge is 2.15. The van der Waals surface area contributed by atoms with Crippen molar-refractivity contribution in [2.24, 2.45) is 0 Å². The van der Waals surface area contributed by atoms with Crippen molar-refractivity contribution >= 4 is 45.4 Å². The van der Waals surface area contributed by atoms with Crippen molar-refractivity contribution < 1.29 is 9.90 Å². The first kappa shape index (κ1) is 11.5. The zero-order valence-electron chi connectivity index (χ0n) is 8.27. The van der Waals surface area contributed by atoms with Gasteiger partial charge in [0, 0.05) is 21.6 Å². The second-order valence-electron chi connectivity index (χ2n) is 3.56. The fourth-order valence-electron chi connectivity index (χ4n) is 1.62. The second kappa shape index (κ2) is 4.51. The van der Waals surface area contributed by atoms with Gasteiger partial charge in [-0.05, 0) is 24.1 Å². The van der Waals surface area contributed by atoms with Gasteiger partial charge in [0.1, 0.15) is 5.25 Å². The Balaban J connectivity index is 2.35. The number of aliphatic carboxylic acids is 1. The Labute approximate surface area is 106 Å². The molecule has 1 aromatic heterocycles. The van der Waals surface area contributed by atoms with Gasteiger partial charge in [0.2, 0.25) is 0 Å². The minimum atomic E-state index is -0.894. The summed E-state index contributed by atoms with van der Waals surface area (Å²) >= 11 is 7.42. The largest absolute Gasteiger partial charge is 0.480 e. The third-order valence-corrected chi connectivity index (χ3v) is 3.32. The Morgan fingerprint density at radius 3 is 3.00 bits per heavy atom. The molecule has 0 aliphatic rings. The molecule has 1 heterocycles. The number of rotatable bonds is 3. The first-order valence-electron chi connectivity index (χ1n) is 4.74. The molecule has 0 saturated heterocycles. The molecule has 0 spiro atoms. The minimum Gasteiger partial charge on any atom is -0.480 e. The van der Waals surface area contributed by atoms with Gasteiger partial charge in [-0.15, -0.1) is 0 Å². The lowest BCUT2D eigenvalue weighted by atomic mass is 10.1. The third kappa shape index (κ3) is 2.25. The summed E-state index contributed by atoms with van der Waals surface area (Å²) in [6.07, 6.45) is 2.25. The van der Waals surface area contributed by atoms with Crippen LogP contribution in [-0.2, 0) is 11.2 Å². The number of thiol groups is 1. The standard InChI is InChI=1S/C11H10BrNO2S/c12-7-1-2-8-6(3-10(16)11(14)15)5-13-9(8)4-7/h1-2,4-5,10,13,16H,3H2,(H,14,15). The van der Waals surface area contributed by atoms with Crippen LogP contribution >= 0.6 is 28.6 Å². The van der Waals surface area contributed by atoms with E-state index in [1.165, 1.54) is 0 Å². The maximum absolute atomic E-state index is 10.7. The number of carboxylic acid groups (broad SMARTS) is 1. The van der Waals surface area contributed by atoms with Crippen LogP contribution in [0, 0.1) is 0 Å². The van der Waals surface area contributed by atoms with Crippen LogP contribution in [0.2, 0.25) is 0 Å². The molecule has 2 aromatic rings. The number of hydrogen-bond donors (Lipinski definition) is 3. The molecule has 0 fully saturated rings. The highest BCUT2D eigenvalue weighted by Crippen LogP contribution is 2.24. The van der Waals surface area contributed by atoms with Crippen molar-refractivity contribution in [1.29, 1.82) is 0 Å². The highest BCUT2D eigenvalue weighted by molar-refractivity contribution is 9.10.